The molecule has 2 atom stereocenters. The van der Waals surface area contributed by atoms with E-state index in [1.54, 1.807) is 18.5 Å². The van der Waals surface area contributed by atoms with E-state index in [1.165, 1.54) is 5.56 Å². The highest BCUT2D eigenvalue weighted by Crippen LogP contribution is 2.36. The Kier molecular flexibility index (Phi) is 3.56. The lowest BCUT2D eigenvalue weighted by Crippen LogP contribution is -2.41. The summed E-state index contributed by atoms with van der Waals surface area (Å²) >= 11 is 0. The van der Waals surface area contributed by atoms with Gasteiger partial charge in [-0.2, -0.15) is 0 Å². The van der Waals surface area contributed by atoms with Crippen molar-refractivity contribution in [2.24, 2.45) is 0 Å². The lowest BCUT2D eigenvalue weighted by molar-refractivity contribution is -0.117. The van der Waals surface area contributed by atoms with Crippen LogP contribution in [0.1, 0.15) is 25.3 Å². The fraction of sp³-hybridized carbons (Fsp3) is 0.312. The van der Waals surface area contributed by atoms with Crippen molar-refractivity contribution >= 4 is 17.5 Å². The highest BCUT2D eigenvalue weighted by molar-refractivity contribution is 5.95. The monoisotopic (exact) mass is 282 g/mol. The van der Waals surface area contributed by atoms with Gasteiger partial charge < -0.3 is 4.90 Å². The first-order chi connectivity index (χ1) is 10.2. The van der Waals surface area contributed by atoms with Crippen LogP contribution in [0.25, 0.3) is 0 Å². The van der Waals surface area contributed by atoms with Gasteiger partial charge in [-0.3, -0.25) is 10.1 Å². The highest BCUT2D eigenvalue weighted by atomic mass is 16.2. The topological polar surface area (TPSA) is 58.1 Å². The van der Waals surface area contributed by atoms with Crippen molar-refractivity contribution in [2.75, 3.05) is 16.8 Å². The number of anilines is 2. The molecule has 5 heteroatoms. The smallest absolute Gasteiger partial charge is 0.249 e. The van der Waals surface area contributed by atoms with Gasteiger partial charge in [-0.1, -0.05) is 25.1 Å². The fourth-order valence-corrected chi connectivity index (χ4v) is 2.74. The zero-order valence-electron chi connectivity index (χ0n) is 12.2. The third kappa shape index (κ3) is 2.59. The largest absolute Gasteiger partial charge is 0.359 e. The Hall–Kier alpha value is -2.43. The molecule has 0 spiro atoms. The minimum absolute atomic E-state index is 0.0925. The van der Waals surface area contributed by atoms with Crippen molar-refractivity contribution in [1.82, 2.24) is 9.97 Å². The van der Waals surface area contributed by atoms with Crippen LogP contribution >= 0.6 is 0 Å². The maximum Gasteiger partial charge on any atom is 0.249 e. The van der Waals surface area contributed by atoms with Crippen LogP contribution in [0.5, 0.6) is 0 Å². The minimum atomic E-state index is -0.264. The molecule has 1 aromatic heterocycles. The molecule has 0 unspecified atom stereocenters. The number of nitrogens with zero attached hydrogens (tertiary/aromatic N) is 3. The van der Waals surface area contributed by atoms with Gasteiger partial charge in [0, 0.05) is 30.5 Å². The lowest BCUT2D eigenvalue weighted by atomic mass is 10.0. The average molecular weight is 282 g/mol. The first-order valence-corrected chi connectivity index (χ1v) is 7.10. The van der Waals surface area contributed by atoms with E-state index in [9.17, 15) is 4.79 Å². The first-order valence-electron chi connectivity index (χ1n) is 7.10. The molecule has 108 valence electrons. The Balaban J connectivity index is 1.77. The molecule has 1 aliphatic heterocycles. The van der Waals surface area contributed by atoms with Crippen LogP contribution < -0.4 is 10.2 Å². The highest BCUT2D eigenvalue weighted by Gasteiger charge is 2.31. The van der Waals surface area contributed by atoms with Gasteiger partial charge in [0.05, 0.1) is 0 Å². The molecule has 1 amide bonds. The van der Waals surface area contributed by atoms with Crippen LogP contribution in [0.15, 0.2) is 42.7 Å². The van der Waals surface area contributed by atoms with Gasteiger partial charge in [0.2, 0.25) is 11.9 Å². The second kappa shape index (κ2) is 5.52. The second-order valence-electron chi connectivity index (χ2n) is 5.35. The number of fused-ring (bicyclic) bond motifs is 1. The summed E-state index contributed by atoms with van der Waals surface area (Å²) in [5.74, 6) is 0.685. The standard InChI is InChI=1S/C16H18N4O/c1-11-10-20(14-7-4-3-6-13(11)14)12(2)15(21)19-16-17-8-5-9-18-16/h3-9,11-12H,10H2,1-2H3,(H,17,18,19,21)/t11-,12-/m0/s1. The second-order valence-corrected chi connectivity index (χ2v) is 5.35. The van der Waals surface area contributed by atoms with Crippen molar-refractivity contribution in [1.29, 1.82) is 0 Å². The van der Waals surface area contributed by atoms with Crippen molar-refractivity contribution in [2.45, 2.75) is 25.8 Å². The number of carbonyl (C=O) groups excluding carboxylic acids is 1. The van der Waals surface area contributed by atoms with E-state index in [0.717, 1.165) is 12.2 Å². The third-order valence-electron chi connectivity index (χ3n) is 3.90. The molecule has 3 rings (SSSR count). The van der Waals surface area contributed by atoms with Gasteiger partial charge >= 0.3 is 0 Å². The Morgan fingerprint density at radius 1 is 1.29 bits per heavy atom. The van der Waals surface area contributed by atoms with Gasteiger partial charge in [0.25, 0.3) is 0 Å². The molecule has 0 fully saturated rings. The third-order valence-corrected chi connectivity index (χ3v) is 3.90. The van der Waals surface area contributed by atoms with Gasteiger partial charge in [-0.05, 0) is 24.6 Å². The van der Waals surface area contributed by atoms with Crippen LogP contribution in [0.2, 0.25) is 0 Å². The summed E-state index contributed by atoms with van der Waals surface area (Å²) in [5, 5.41) is 2.76. The van der Waals surface area contributed by atoms with Gasteiger partial charge in [-0.15, -0.1) is 0 Å². The summed E-state index contributed by atoms with van der Waals surface area (Å²) in [7, 11) is 0. The number of amides is 1. The van der Waals surface area contributed by atoms with E-state index in [4.69, 9.17) is 0 Å². The van der Waals surface area contributed by atoms with Crippen LogP contribution in [-0.2, 0) is 4.79 Å². The van der Waals surface area contributed by atoms with Gasteiger partial charge in [-0.25, -0.2) is 9.97 Å². The molecular weight excluding hydrogens is 264 g/mol. The summed E-state index contributed by atoms with van der Waals surface area (Å²) in [6.07, 6.45) is 3.22. The van der Waals surface area contributed by atoms with E-state index >= 15 is 0 Å². The number of hydrogen-bond acceptors (Lipinski definition) is 4. The zero-order chi connectivity index (χ0) is 14.8. The Morgan fingerprint density at radius 2 is 2.00 bits per heavy atom. The Morgan fingerprint density at radius 3 is 2.76 bits per heavy atom. The quantitative estimate of drug-likeness (QED) is 0.939. The predicted molar refractivity (Wildman–Crippen MR) is 82.3 cm³/mol. The zero-order valence-corrected chi connectivity index (χ0v) is 12.2. The maximum atomic E-state index is 12.4. The molecule has 0 saturated heterocycles. The summed E-state index contributed by atoms with van der Waals surface area (Å²) in [6, 6.07) is 9.71. The molecule has 1 N–H and O–H groups in total. The lowest BCUT2D eigenvalue weighted by Gasteiger charge is -2.26. The minimum Gasteiger partial charge on any atom is -0.359 e. The fourth-order valence-electron chi connectivity index (χ4n) is 2.74. The molecule has 0 bridgehead atoms. The number of aromatic nitrogens is 2. The van der Waals surface area contributed by atoms with Gasteiger partial charge in [0.1, 0.15) is 6.04 Å². The number of benzene rings is 1. The van der Waals surface area contributed by atoms with Crippen LogP contribution in [0.4, 0.5) is 11.6 Å². The van der Waals surface area contributed by atoms with E-state index in [1.807, 2.05) is 19.1 Å². The molecule has 0 aliphatic carbocycles. The summed E-state index contributed by atoms with van der Waals surface area (Å²) < 4.78 is 0. The number of carbonyl (C=O) groups is 1. The number of para-hydroxylation sites is 1. The molecule has 21 heavy (non-hydrogen) atoms. The Bertz CT molecular complexity index is 644. The molecule has 2 heterocycles. The molecule has 5 nitrogen and oxygen atoms in total. The molecule has 0 saturated carbocycles. The molecule has 0 radical (unpaired) electrons. The normalized spacial score (nSPS) is 18.2. The van der Waals surface area contributed by atoms with E-state index in [0.29, 0.717) is 11.9 Å². The summed E-state index contributed by atoms with van der Waals surface area (Å²) in [5.41, 5.74) is 2.44. The van der Waals surface area contributed by atoms with Crippen LogP contribution in [-0.4, -0.2) is 28.5 Å². The van der Waals surface area contributed by atoms with Crippen molar-refractivity contribution in [3.63, 3.8) is 0 Å². The predicted octanol–water partition coefficient (Wildman–Crippen LogP) is 2.43. The van der Waals surface area contributed by atoms with Crippen LogP contribution in [0, 0.1) is 0 Å². The van der Waals surface area contributed by atoms with Crippen LogP contribution in [0.3, 0.4) is 0 Å². The SMILES string of the molecule is C[C@H]1CN([C@@H](C)C(=O)Nc2ncccn2)c2ccccc21. The van der Waals surface area contributed by atoms with Crippen molar-refractivity contribution in [3.8, 4) is 0 Å². The van der Waals surface area contributed by atoms with Crippen molar-refractivity contribution in [3.05, 3.63) is 48.3 Å². The average Bonchev–Trinajstić information content (AvgIpc) is 2.85. The molecular formula is C16H18N4O. The van der Waals surface area contributed by atoms with Gasteiger partial charge in [0.15, 0.2) is 0 Å². The van der Waals surface area contributed by atoms with E-state index in [-0.39, 0.29) is 11.9 Å². The van der Waals surface area contributed by atoms with E-state index in [2.05, 4.69) is 39.2 Å². The number of hydrogen-bond donors (Lipinski definition) is 1. The Labute approximate surface area is 124 Å². The molecule has 2 aromatic rings. The van der Waals surface area contributed by atoms with Crippen molar-refractivity contribution < 1.29 is 4.79 Å². The number of nitrogens with one attached hydrogen (secondary N) is 1. The molecule has 1 aromatic carbocycles. The first kappa shape index (κ1) is 13.5. The van der Waals surface area contributed by atoms with E-state index < -0.39 is 0 Å². The summed E-state index contributed by atoms with van der Waals surface area (Å²) in [4.78, 5) is 22.6. The summed E-state index contributed by atoms with van der Waals surface area (Å²) in [6.45, 7) is 4.94. The maximum absolute atomic E-state index is 12.4. The molecule has 1 aliphatic rings. The number of rotatable bonds is 3.